The van der Waals surface area contributed by atoms with Gasteiger partial charge >= 0.3 is 5.97 Å². The Morgan fingerprint density at radius 3 is 2.26 bits per heavy atom. The fourth-order valence-electron chi connectivity index (χ4n) is 3.81. The molecule has 5 heteroatoms. The van der Waals surface area contributed by atoms with Gasteiger partial charge in [0.15, 0.2) is 11.6 Å². The van der Waals surface area contributed by atoms with E-state index in [-0.39, 0.29) is 12.4 Å². The number of carbonyl (C=O) groups excluding carboxylic acids is 1. The zero-order valence-electron chi connectivity index (χ0n) is 21.8. The van der Waals surface area contributed by atoms with E-state index in [0.29, 0.717) is 11.6 Å². The Hall–Kier alpha value is -2.53. The van der Waals surface area contributed by atoms with E-state index in [2.05, 4.69) is 54.2 Å². The Morgan fingerprint density at radius 2 is 1.51 bits per heavy atom. The Kier molecular flexibility index (Phi) is 15.4. The van der Waals surface area contributed by atoms with Crippen molar-refractivity contribution in [2.45, 2.75) is 97.3 Å². The summed E-state index contributed by atoms with van der Waals surface area (Å²) in [4.78, 5) is 20.8. The van der Waals surface area contributed by atoms with Crippen molar-refractivity contribution < 1.29 is 14.3 Å². The summed E-state index contributed by atoms with van der Waals surface area (Å²) in [6, 6.07) is 8.38. The standard InChI is InChI=1S/C30H44N2O3/c1-3-5-6-7-8-9-10-11-14-17-29(33)35-28-24-31-30(32-25-28)27-20-18-26(19-21-27)16-13-12-15-23-34-22-4-2/h11,14,18-21,24-25H,3-10,12-13,15-17,22-23H2,1-2H3. The number of carbonyl (C=O) groups is 1. The first-order valence-electron chi connectivity index (χ1n) is 13.6. The number of esters is 1. The Morgan fingerprint density at radius 1 is 0.800 bits per heavy atom. The van der Waals surface area contributed by atoms with Crippen LogP contribution in [0.15, 0.2) is 48.8 Å². The number of rotatable bonds is 19. The third-order valence-corrected chi connectivity index (χ3v) is 5.85. The molecule has 0 spiro atoms. The molecule has 0 atom stereocenters. The van der Waals surface area contributed by atoms with Gasteiger partial charge in [0.05, 0.1) is 18.8 Å². The number of nitrogens with zero attached hydrogens (tertiary/aromatic N) is 2. The van der Waals surface area contributed by atoms with E-state index in [9.17, 15) is 4.79 Å². The normalized spacial score (nSPS) is 11.3. The van der Waals surface area contributed by atoms with Gasteiger partial charge in [0.1, 0.15) is 0 Å². The topological polar surface area (TPSA) is 61.3 Å². The van der Waals surface area contributed by atoms with Crippen molar-refractivity contribution in [2.24, 2.45) is 0 Å². The molecule has 1 aromatic carbocycles. The first kappa shape index (κ1) is 28.7. The number of allylic oxidation sites excluding steroid dienone is 1. The van der Waals surface area contributed by atoms with Crippen LogP contribution in [0, 0.1) is 0 Å². The second-order valence-corrected chi connectivity index (χ2v) is 9.07. The molecule has 0 unspecified atom stereocenters. The molecule has 0 aliphatic heterocycles. The van der Waals surface area contributed by atoms with Gasteiger partial charge in [0.25, 0.3) is 0 Å². The van der Waals surface area contributed by atoms with Gasteiger partial charge in [-0.05, 0) is 44.1 Å². The van der Waals surface area contributed by atoms with Gasteiger partial charge in [0, 0.05) is 18.8 Å². The second kappa shape index (κ2) is 18.8. The molecular weight excluding hydrogens is 436 g/mol. The van der Waals surface area contributed by atoms with E-state index in [1.807, 2.05) is 6.08 Å². The molecule has 0 bridgehead atoms. The largest absolute Gasteiger partial charge is 0.423 e. The SMILES string of the molecule is CCCCCCCCC=CCC(=O)Oc1cnc(-c2ccc(CCCCCOCCC)cc2)nc1. The predicted octanol–water partition coefficient (Wildman–Crippen LogP) is 7.89. The zero-order valence-corrected chi connectivity index (χ0v) is 21.8. The smallest absolute Gasteiger partial charge is 0.315 e. The second-order valence-electron chi connectivity index (χ2n) is 9.07. The molecule has 5 nitrogen and oxygen atoms in total. The van der Waals surface area contributed by atoms with Crippen molar-refractivity contribution in [1.29, 1.82) is 0 Å². The van der Waals surface area contributed by atoms with E-state index >= 15 is 0 Å². The maximum absolute atomic E-state index is 12.0. The highest BCUT2D eigenvalue weighted by atomic mass is 16.5. The lowest BCUT2D eigenvalue weighted by Gasteiger charge is -2.06. The summed E-state index contributed by atoms with van der Waals surface area (Å²) in [7, 11) is 0. The van der Waals surface area contributed by atoms with Crippen molar-refractivity contribution in [3.63, 3.8) is 0 Å². The molecule has 0 fully saturated rings. The van der Waals surface area contributed by atoms with Crippen LogP contribution in [-0.2, 0) is 16.0 Å². The van der Waals surface area contributed by atoms with Crippen LogP contribution >= 0.6 is 0 Å². The highest BCUT2D eigenvalue weighted by Crippen LogP contribution is 2.19. The van der Waals surface area contributed by atoms with E-state index in [1.54, 1.807) is 12.4 Å². The van der Waals surface area contributed by atoms with Gasteiger partial charge in [-0.15, -0.1) is 0 Å². The van der Waals surface area contributed by atoms with Crippen LogP contribution in [0.3, 0.4) is 0 Å². The van der Waals surface area contributed by atoms with Crippen LogP contribution in [0.5, 0.6) is 5.75 Å². The van der Waals surface area contributed by atoms with E-state index < -0.39 is 0 Å². The summed E-state index contributed by atoms with van der Waals surface area (Å²) in [5.74, 6) is 0.715. The third-order valence-electron chi connectivity index (χ3n) is 5.85. The summed E-state index contributed by atoms with van der Waals surface area (Å²) in [6.45, 7) is 6.10. The lowest BCUT2D eigenvalue weighted by Crippen LogP contribution is -2.07. The van der Waals surface area contributed by atoms with Crippen molar-refractivity contribution in [2.75, 3.05) is 13.2 Å². The molecule has 1 aromatic heterocycles. The number of aromatic nitrogens is 2. The Balaban J connectivity index is 1.65. The molecule has 0 saturated carbocycles. The minimum absolute atomic E-state index is 0.269. The summed E-state index contributed by atoms with van der Waals surface area (Å²) in [5, 5.41) is 0. The number of hydrogen-bond donors (Lipinski definition) is 0. The van der Waals surface area contributed by atoms with E-state index in [4.69, 9.17) is 9.47 Å². The molecule has 0 radical (unpaired) electrons. The van der Waals surface area contributed by atoms with Gasteiger partial charge in [-0.25, -0.2) is 9.97 Å². The van der Waals surface area contributed by atoms with Gasteiger partial charge in [-0.1, -0.05) is 88.8 Å². The monoisotopic (exact) mass is 480 g/mol. The summed E-state index contributed by atoms with van der Waals surface area (Å²) in [5.41, 5.74) is 2.27. The van der Waals surface area contributed by atoms with Crippen molar-refractivity contribution in [3.8, 4) is 17.1 Å². The average molecular weight is 481 g/mol. The van der Waals surface area contributed by atoms with Gasteiger partial charge in [-0.2, -0.15) is 0 Å². The van der Waals surface area contributed by atoms with Crippen molar-refractivity contribution in [1.82, 2.24) is 9.97 Å². The van der Waals surface area contributed by atoms with Crippen molar-refractivity contribution in [3.05, 3.63) is 54.4 Å². The molecule has 35 heavy (non-hydrogen) atoms. The molecule has 0 saturated heterocycles. The molecule has 0 aliphatic carbocycles. The number of unbranched alkanes of at least 4 members (excludes halogenated alkanes) is 8. The van der Waals surface area contributed by atoms with E-state index in [1.165, 1.54) is 56.9 Å². The number of ether oxygens (including phenoxy) is 2. The minimum atomic E-state index is -0.290. The molecule has 0 N–H and O–H groups in total. The first-order valence-corrected chi connectivity index (χ1v) is 13.6. The van der Waals surface area contributed by atoms with E-state index in [0.717, 1.165) is 44.5 Å². The fourth-order valence-corrected chi connectivity index (χ4v) is 3.81. The van der Waals surface area contributed by atoms with Crippen LogP contribution in [0.2, 0.25) is 0 Å². The zero-order chi connectivity index (χ0) is 25.0. The predicted molar refractivity (Wildman–Crippen MR) is 144 cm³/mol. The van der Waals surface area contributed by atoms with Gasteiger partial charge in [-0.3, -0.25) is 4.79 Å². The van der Waals surface area contributed by atoms with Crippen molar-refractivity contribution >= 4 is 5.97 Å². The third kappa shape index (κ3) is 13.2. The van der Waals surface area contributed by atoms with Gasteiger partial charge < -0.3 is 9.47 Å². The van der Waals surface area contributed by atoms with Crippen LogP contribution in [-0.4, -0.2) is 29.2 Å². The number of benzene rings is 1. The van der Waals surface area contributed by atoms with Gasteiger partial charge in [0.2, 0.25) is 0 Å². The highest BCUT2D eigenvalue weighted by molar-refractivity contribution is 5.73. The summed E-state index contributed by atoms with van der Waals surface area (Å²) in [6.07, 6.45) is 21.7. The maximum atomic E-state index is 12.0. The molecule has 2 aromatic rings. The molecule has 0 amide bonds. The molecule has 2 rings (SSSR count). The Labute approximate surface area is 212 Å². The van der Waals surface area contributed by atoms with Crippen LogP contribution in [0.1, 0.15) is 96.5 Å². The number of aryl methyl sites for hydroxylation is 1. The fraction of sp³-hybridized carbons (Fsp3) is 0.567. The maximum Gasteiger partial charge on any atom is 0.315 e. The lowest BCUT2D eigenvalue weighted by atomic mass is 10.0. The first-order chi connectivity index (χ1) is 17.2. The molecular formula is C30H44N2O3. The molecule has 192 valence electrons. The Bertz CT molecular complexity index is 832. The van der Waals surface area contributed by atoms with Crippen LogP contribution in [0.4, 0.5) is 0 Å². The minimum Gasteiger partial charge on any atom is -0.423 e. The molecule has 1 heterocycles. The summed E-state index contributed by atoms with van der Waals surface area (Å²) < 4.78 is 10.9. The lowest BCUT2D eigenvalue weighted by molar-refractivity contribution is -0.133. The highest BCUT2D eigenvalue weighted by Gasteiger charge is 2.06. The molecule has 0 aliphatic rings. The van der Waals surface area contributed by atoms with Crippen LogP contribution in [0.25, 0.3) is 11.4 Å². The summed E-state index contributed by atoms with van der Waals surface area (Å²) >= 11 is 0. The quantitative estimate of drug-likeness (QED) is 0.116. The number of hydrogen-bond acceptors (Lipinski definition) is 5. The average Bonchev–Trinajstić information content (AvgIpc) is 2.88. The van der Waals surface area contributed by atoms with Crippen LogP contribution < -0.4 is 4.74 Å².